The number of nitrogens with zero attached hydrogens (tertiary/aromatic N) is 4. The second-order valence-electron chi connectivity index (χ2n) is 9.89. The summed E-state index contributed by atoms with van der Waals surface area (Å²) in [6.45, 7) is 14.9. The Kier molecular flexibility index (Phi) is 7.09. The molecule has 0 aliphatic carbocycles. The maximum atomic E-state index is 4.98. The molecule has 0 fully saturated rings. The Morgan fingerprint density at radius 2 is 1.64 bits per heavy atom. The fraction of sp³-hybridized carbons (Fsp3) is 0.321. The van der Waals surface area contributed by atoms with Crippen molar-refractivity contribution >= 4 is 0 Å². The maximum Gasteiger partial charge on any atom is 2.00 e. The summed E-state index contributed by atoms with van der Waals surface area (Å²) in [6.07, 6.45) is 2.00. The molecule has 0 unspecified atom stereocenters. The third kappa shape index (κ3) is 5.17. The first-order valence-corrected chi connectivity index (χ1v) is 11.0. The van der Waals surface area contributed by atoms with Gasteiger partial charge in [0, 0.05) is 11.9 Å². The van der Waals surface area contributed by atoms with Gasteiger partial charge < -0.3 is 9.97 Å². The maximum absolute atomic E-state index is 4.98. The minimum absolute atomic E-state index is 0. The zero-order valence-corrected chi connectivity index (χ0v) is 22.6. The minimum atomic E-state index is -0.366. The van der Waals surface area contributed by atoms with Gasteiger partial charge in [-0.25, -0.2) is 0 Å². The molecule has 4 aromatic rings. The summed E-state index contributed by atoms with van der Waals surface area (Å²) in [5, 5.41) is 4.91. The van der Waals surface area contributed by atoms with Crippen molar-refractivity contribution in [3.63, 3.8) is 0 Å². The van der Waals surface area contributed by atoms with E-state index in [0.717, 1.165) is 39.7 Å². The van der Waals surface area contributed by atoms with Crippen molar-refractivity contribution in [2.45, 2.75) is 59.3 Å². The molecule has 0 N–H and O–H groups in total. The minimum Gasteiger partial charge on any atom is -0.354 e. The Bertz CT molecular complexity index is 1260. The monoisotopic (exact) mass is 617 g/mol. The fourth-order valence-electron chi connectivity index (χ4n) is 3.79. The molecular formula is C28H30N4Pt. The Balaban J connectivity index is 0.00000306. The Morgan fingerprint density at radius 3 is 2.33 bits per heavy atom. The Labute approximate surface area is 211 Å². The van der Waals surface area contributed by atoms with E-state index < -0.39 is 0 Å². The van der Waals surface area contributed by atoms with Gasteiger partial charge in [0.25, 0.3) is 0 Å². The van der Waals surface area contributed by atoms with E-state index in [1.165, 1.54) is 5.56 Å². The molecule has 1 aromatic carbocycles. The van der Waals surface area contributed by atoms with E-state index in [1.54, 1.807) is 0 Å². The molecule has 0 aliphatic rings. The summed E-state index contributed by atoms with van der Waals surface area (Å²) in [5.41, 5.74) is 7.54. The molecule has 4 rings (SSSR count). The van der Waals surface area contributed by atoms with Crippen LogP contribution in [0.5, 0.6) is 0 Å². The standard InChI is InChI=1S/C28H30N4.Pt/c1-19-14-15-23(20(2)29-19)24-12-9-13-25(30-24)28(6,7)26-16-17-32(31-26)22-11-8-10-21(18-22)27(3,4)5;/h8-10,12-14,16-18H,1-7H3;/q-2;+2. The van der Waals surface area contributed by atoms with Crippen molar-refractivity contribution in [2.24, 2.45) is 0 Å². The van der Waals surface area contributed by atoms with E-state index in [0.29, 0.717) is 0 Å². The molecule has 0 amide bonds. The first-order chi connectivity index (χ1) is 15.1. The smallest absolute Gasteiger partial charge is 0.354 e. The Morgan fingerprint density at radius 1 is 0.879 bits per heavy atom. The predicted molar refractivity (Wildman–Crippen MR) is 129 cm³/mol. The van der Waals surface area contributed by atoms with Gasteiger partial charge in [-0.2, -0.15) is 28.9 Å². The van der Waals surface area contributed by atoms with Gasteiger partial charge in [-0.15, -0.1) is 23.8 Å². The third-order valence-corrected chi connectivity index (χ3v) is 5.91. The SMILES string of the molecule is Cc1c[c-]c(-c2cccc(C(C)(C)c3ccn(-c4[c-]ccc(C(C)(C)C)c4)n3)n2)c(C)n1.[Pt+2]. The predicted octanol–water partition coefficient (Wildman–Crippen LogP) is 6.17. The summed E-state index contributed by atoms with van der Waals surface area (Å²) in [5.74, 6) is 0. The molecule has 0 spiro atoms. The third-order valence-electron chi connectivity index (χ3n) is 5.91. The van der Waals surface area contributed by atoms with Crippen molar-refractivity contribution in [3.05, 3.63) is 95.2 Å². The molecule has 0 bridgehead atoms. The van der Waals surface area contributed by atoms with Crippen LogP contribution in [0.25, 0.3) is 16.9 Å². The number of pyridine rings is 2. The molecule has 0 atom stereocenters. The molecule has 0 saturated heterocycles. The van der Waals surface area contributed by atoms with Crippen LogP contribution in [0.1, 0.15) is 63.0 Å². The molecule has 3 aromatic heterocycles. The number of hydrogen-bond acceptors (Lipinski definition) is 3. The van der Waals surface area contributed by atoms with Crippen LogP contribution >= 0.6 is 0 Å². The topological polar surface area (TPSA) is 43.6 Å². The number of benzene rings is 1. The molecule has 0 aliphatic heterocycles. The van der Waals surface area contributed by atoms with E-state index >= 15 is 0 Å². The van der Waals surface area contributed by atoms with E-state index in [4.69, 9.17) is 10.1 Å². The normalized spacial score (nSPS) is 11.8. The summed E-state index contributed by atoms with van der Waals surface area (Å²) >= 11 is 0. The summed E-state index contributed by atoms with van der Waals surface area (Å²) in [4.78, 5) is 9.55. The molecule has 4 nitrogen and oxygen atoms in total. The van der Waals surface area contributed by atoms with Crippen molar-refractivity contribution in [1.82, 2.24) is 19.7 Å². The van der Waals surface area contributed by atoms with Crippen molar-refractivity contribution in [2.75, 3.05) is 0 Å². The van der Waals surface area contributed by atoms with Crippen LogP contribution in [0.15, 0.2) is 54.7 Å². The number of aromatic nitrogens is 4. The Hall–Kier alpha value is -2.58. The van der Waals surface area contributed by atoms with Gasteiger partial charge in [-0.1, -0.05) is 46.8 Å². The van der Waals surface area contributed by atoms with Crippen LogP contribution in [0.3, 0.4) is 0 Å². The van der Waals surface area contributed by atoms with Gasteiger partial charge in [-0.05, 0) is 54.2 Å². The quantitative estimate of drug-likeness (QED) is 0.258. The molecule has 172 valence electrons. The first-order valence-electron chi connectivity index (χ1n) is 11.0. The molecule has 33 heavy (non-hydrogen) atoms. The van der Waals surface area contributed by atoms with Crippen LogP contribution in [0, 0.1) is 26.0 Å². The zero-order valence-electron chi connectivity index (χ0n) is 20.3. The number of hydrogen-bond donors (Lipinski definition) is 0. The summed E-state index contributed by atoms with van der Waals surface area (Å²) < 4.78 is 1.90. The summed E-state index contributed by atoms with van der Waals surface area (Å²) in [7, 11) is 0. The number of rotatable bonds is 4. The van der Waals surface area contributed by atoms with E-state index in [2.05, 4.69) is 76.0 Å². The van der Waals surface area contributed by atoms with Crippen LogP contribution < -0.4 is 0 Å². The molecular weight excluding hydrogens is 587 g/mol. The molecule has 0 saturated carbocycles. The van der Waals surface area contributed by atoms with Crippen LogP contribution in [0.4, 0.5) is 0 Å². The van der Waals surface area contributed by atoms with E-state index in [9.17, 15) is 0 Å². The van der Waals surface area contributed by atoms with Gasteiger partial charge in [0.1, 0.15) is 0 Å². The zero-order chi connectivity index (χ0) is 23.1. The van der Waals surface area contributed by atoms with Gasteiger partial charge in [0.2, 0.25) is 0 Å². The van der Waals surface area contributed by atoms with Crippen molar-refractivity contribution in [3.8, 4) is 16.9 Å². The average molecular weight is 618 g/mol. The second-order valence-corrected chi connectivity index (χ2v) is 9.89. The fourth-order valence-corrected chi connectivity index (χ4v) is 3.79. The van der Waals surface area contributed by atoms with Crippen LogP contribution in [-0.2, 0) is 31.9 Å². The van der Waals surface area contributed by atoms with Crippen LogP contribution in [-0.4, -0.2) is 19.7 Å². The van der Waals surface area contributed by atoms with Crippen molar-refractivity contribution in [1.29, 1.82) is 0 Å². The molecule has 0 radical (unpaired) electrons. The summed E-state index contributed by atoms with van der Waals surface area (Å²) in [6, 6.07) is 23.0. The van der Waals surface area contributed by atoms with Gasteiger partial charge in [0.15, 0.2) is 0 Å². The second kappa shape index (κ2) is 9.35. The van der Waals surface area contributed by atoms with E-state index in [1.807, 2.05) is 49.0 Å². The average Bonchev–Trinajstić information content (AvgIpc) is 3.25. The van der Waals surface area contributed by atoms with E-state index in [-0.39, 0.29) is 31.9 Å². The number of aryl methyl sites for hydroxylation is 2. The first kappa shape index (κ1) is 25.0. The van der Waals surface area contributed by atoms with Crippen LogP contribution in [0.2, 0.25) is 0 Å². The molecule has 5 heteroatoms. The van der Waals surface area contributed by atoms with Crippen molar-refractivity contribution < 1.29 is 21.1 Å². The van der Waals surface area contributed by atoms with Gasteiger partial charge in [0.05, 0.1) is 11.1 Å². The van der Waals surface area contributed by atoms with Gasteiger partial charge >= 0.3 is 21.1 Å². The van der Waals surface area contributed by atoms with Gasteiger partial charge in [-0.3, -0.25) is 4.68 Å². The molecule has 3 heterocycles. The largest absolute Gasteiger partial charge is 2.00 e.